The van der Waals surface area contributed by atoms with E-state index < -0.39 is 0 Å². The summed E-state index contributed by atoms with van der Waals surface area (Å²) in [5, 5.41) is 0. The molecule has 6 heteroatoms. The number of rotatable bonds is 4. The largest absolute Gasteiger partial charge is 0.354 e. The fourth-order valence-electron chi connectivity index (χ4n) is 3.88. The number of likely N-dealkylation sites (tertiary alicyclic amines) is 1. The lowest BCUT2D eigenvalue weighted by Crippen LogP contribution is -2.46. The Hall–Kier alpha value is -2.47. The van der Waals surface area contributed by atoms with Gasteiger partial charge in [-0.15, -0.1) is 0 Å². The molecule has 27 heavy (non-hydrogen) atoms. The van der Waals surface area contributed by atoms with Gasteiger partial charge >= 0.3 is 0 Å². The molecule has 142 valence electrons. The Bertz CT molecular complexity index is 780. The first-order valence-corrected chi connectivity index (χ1v) is 9.85. The molecular weight excluding hydrogens is 338 g/mol. The second-order valence-electron chi connectivity index (χ2n) is 7.41. The standard InChI is InChI=1S/C21H27N5O/c1-17-22-19(21(27)26-9-5-6-10-26)15-20(23-17)25-13-11-24(12-14-25)16-18-7-3-2-4-8-18/h2-4,7-8,15H,5-6,9-14,16H2,1H3. The van der Waals surface area contributed by atoms with Crippen LogP contribution in [-0.4, -0.2) is 64.9 Å². The van der Waals surface area contributed by atoms with Crippen LogP contribution in [0.2, 0.25) is 0 Å². The van der Waals surface area contributed by atoms with Gasteiger partial charge in [-0.05, 0) is 25.3 Å². The van der Waals surface area contributed by atoms with E-state index >= 15 is 0 Å². The smallest absolute Gasteiger partial charge is 0.272 e. The fourth-order valence-corrected chi connectivity index (χ4v) is 3.88. The lowest BCUT2D eigenvalue weighted by Gasteiger charge is -2.35. The number of anilines is 1. The van der Waals surface area contributed by atoms with Crippen LogP contribution in [0, 0.1) is 6.92 Å². The minimum Gasteiger partial charge on any atom is -0.354 e. The molecule has 2 saturated heterocycles. The molecule has 0 atom stereocenters. The van der Waals surface area contributed by atoms with E-state index in [2.05, 4.69) is 50.1 Å². The highest BCUT2D eigenvalue weighted by Gasteiger charge is 2.24. The average Bonchev–Trinajstić information content (AvgIpc) is 3.23. The molecule has 3 heterocycles. The quantitative estimate of drug-likeness (QED) is 0.832. The van der Waals surface area contributed by atoms with Crippen molar-refractivity contribution < 1.29 is 4.79 Å². The molecule has 0 saturated carbocycles. The Labute approximate surface area is 160 Å². The van der Waals surface area contributed by atoms with Crippen molar-refractivity contribution in [3.63, 3.8) is 0 Å². The maximum absolute atomic E-state index is 12.7. The van der Waals surface area contributed by atoms with Crippen LogP contribution in [0.25, 0.3) is 0 Å². The van der Waals surface area contributed by atoms with Gasteiger partial charge in [0.05, 0.1) is 0 Å². The van der Waals surface area contributed by atoms with E-state index in [0.717, 1.165) is 64.5 Å². The second kappa shape index (κ2) is 8.05. The monoisotopic (exact) mass is 365 g/mol. The predicted molar refractivity (Wildman–Crippen MR) is 106 cm³/mol. The van der Waals surface area contributed by atoms with E-state index in [1.807, 2.05) is 17.9 Å². The molecule has 6 nitrogen and oxygen atoms in total. The summed E-state index contributed by atoms with van der Waals surface area (Å²) < 4.78 is 0. The van der Waals surface area contributed by atoms with Crippen LogP contribution < -0.4 is 4.90 Å². The third kappa shape index (κ3) is 4.27. The molecule has 0 radical (unpaired) electrons. The zero-order valence-corrected chi connectivity index (χ0v) is 16.0. The molecule has 0 N–H and O–H groups in total. The van der Waals surface area contributed by atoms with Gasteiger partial charge in [-0.3, -0.25) is 9.69 Å². The number of hydrogen-bond donors (Lipinski definition) is 0. The van der Waals surface area contributed by atoms with E-state index in [4.69, 9.17) is 0 Å². The van der Waals surface area contributed by atoms with Crippen LogP contribution >= 0.6 is 0 Å². The number of carbonyl (C=O) groups is 1. The van der Waals surface area contributed by atoms with Crippen LogP contribution in [0.15, 0.2) is 36.4 Å². The highest BCUT2D eigenvalue weighted by molar-refractivity contribution is 5.93. The molecule has 1 amide bonds. The lowest BCUT2D eigenvalue weighted by atomic mass is 10.2. The molecule has 0 bridgehead atoms. The van der Waals surface area contributed by atoms with Gasteiger partial charge in [0.1, 0.15) is 17.3 Å². The van der Waals surface area contributed by atoms with Crippen LogP contribution in [0.4, 0.5) is 5.82 Å². The molecule has 1 aromatic carbocycles. The Balaban J connectivity index is 1.41. The first-order chi connectivity index (χ1) is 13.2. The molecule has 2 aliphatic rings. The summed E-state index contributed by atoms with van der Waals surface area (Å²) in [4.78, 5) is 28.4. The topological polar surface area (TPSA) is 52.6 Å². The molecule has 0 spiro atoms. The third-order valence-electron chi connectivity index (χ3n) is 5.38. The van der Waals surface area contributed by atoms with Crippen LogP contribution in [0.3, 0.4) is 0 Å². The molecule has 0 aliphatic carbocycles. The van der Waals surface area contributed by atoms with Crippen LogP contribution in [0.5, 0.6) is 0 Å². The van der Waals surface area contributed by atoms with E-state index in [1.165, 1.54) is 5.56 Å². The molecule has 1 aromatic heterocycles. The van der Waals surface area contributed by atoms with Crippen LogP contribution in [0.1, 0.15) is 34.7 Å². The number of hydrogen-bond acceptors (Lipinski definition) is 5. The first kappa shape index (κ1) is 17.9. The minimum atomic E-state index is 0.0435. The number of benzene rings is 1. The number of aryl methyl sites for hydroxylation is 1. The minimum absolute atomic E-state index is 0.0435. The average molecular weight is 365 g/mol. The Morgan fingerprint density at radius 3 is 2.37 bits per heavy atom. The summed E-state index contributed by atoms with van der Waals surface area (Å²) in [6, 6.07) is 12.5. The highest BCUT2D eigenvalue weighted by atomic mass is 16.2. The van der Waals surface area contributed by atoms with E-state index in [9.17, 15) is 4.79 Å². The maximum atomic E-state index is 12.7. The number of carbonyl (C=O) groups excluding carboxylic acids is 1. The molecule has 2 aliphatic heterocycles. The van der Waals surface area contributed by atoms with Crippen molar-refractivity contribution in [3.8, 4) is 0 Å². The Morgan fingerprint density at radius 2 is 1.67 bits per heavy atom. The van der Waals surface area contributed by atoms with Gasteiger partial charge in [0.2, 0.25) is 0 Å². The SMILES string of the molecule is Cc1nc(C(=O)N2CCCC2)cc(N2CCN(Cc3ccccc3)CC2)n1. The molecule has 4 rings (SSSR count). The summed E-state index contributed by atoms with van der Waals surface area (Å²) in [6.07, 6.45) is 2.18. The van der Waals surface area contributed by atoms with E-state index in [-0.39, 0.29) is 5.91 Å². The van der Waals surface area contributed by atoms with Gasteiger partial charge in [0, 0.05) is 51.9 Å². The van der Waals surface area contributed by atoms with E-state index in [1.54, 1.807) is 0 Å². The molecule has 2 aromatic rings. The number of piperazine rings is 1. The summed E-state index contributed by atoms with van der Waals surface area (Å²) in [5.41, 5.74) is 1.88. The zero-order chi connectivity index (χ0) is 18.6. The van der Waals surface area contributed by atoms with Crippen molar-refractivity contribution in [2.24, 2.45) is 0 Å². The van der Waals surface area contributed by atoms with Gasteiger partial charge < -0.3 is 9.80 Å². The fraction of sp³-hybridized carbons (Fsp3) is 0.476. The molecule has 2 fully saturated rings. The van der Waals surface area contributed by atoms with Gasteiger partial charge in [-0.2, -0.15) is 0 Å². The van der Waals surface area contributed by atoms with Gasteiger partial charge in [0.15, 0.2) is 0 Å². The zero-order valence-electron chi connectivity index (χ0n) is 16.0. The normalized spacial score (nSPS) is 18.1. The second-order valence-corrected chi connectivity index (χ2v) is 7.41. The van der Waals surface area contributed by atoms with E-state index in [0.29, 0.717) is 11.5 Å². The van der Waals surface area contributed by atoms with Crippen molar-refractivity contribution >= 4 is 11.7 Å². The van der Waals surface area contributed by atoms with Crippen molar-refractivity contribution in [2.45, 2.75) is 26.3 Å². The summed E-state index contributed by atoms with van der Waals surface area (Å²) >= 11 is 0. The number of amides is 1. The summed E-state index contributed by atoms with van der Waals surface area (Å²) in [6.45, 7) is 8.36. The van der Waals surface area contributed by atoms with Crippen molar-refractivity contribution in [2.75, 3.05) is 44.2 Å². The Kier molecular flexibility index (Phi) is 5.34. The summed E-state index contributed by atoms with van der Waals surface area (Å²) in [7, 11) is 0. The number of aromatic nitrogens is 2. The molecular formula is C21H27N5O. The third-order valence-corrected chi connectivity index (χ3v) is 5.38. The van der Waals surface area contributed by atoms with Crippen LogP contribution in [-0.2, 0) is 6.54 Å². The van der Waals surface area contributed by atoms with Crippen molar-refractivity contribution in [1.29, 1.82) is 0 Å². The lowest BCUT2D eigenvalue weighted by molar-refractivity contribution is 0.0786. The summed E-state index contributed by atoms with van der Waals surface area (Å²) in [5.74, 6) is 1.59. The van der Waals surface area contributed by atoms with Gasteiger partial charge in [0.25, 0.3) is 5.91 Å². The Morgan fingerprint density at radius 1 is 0.963 bits per heavy atom. The van der Waals surface area contributed by atoms with Crippen molar-refractivity contribution in [1.82, 2.24) is 19.8 Å². The molecule has 0 unspecified atom stereocenters. The maximum Gasteiger partial charge on any atom is 0.272 e. The first-order valence-electron chi connectivity index (χ1n) is 9.85. The predicted octanol–water partition coefficient (Wildman–Crippen LogP) is 2.34. The number of nitrogens with zero attached hydrogens (tertiary/aromatic N) is 5. The van der Waals surface area contributed by atoms with Gasteiger partial charge in [-0.1, -0.05) is 30.3 Å². The van der Waals surface area contributed by atoms with Crippen molar-refractivity contribution in [3.05, 3.63) is 53.5 Å². The highest BCUT2D eigenvalue weighted by Crippen LogP contribution is 2.19. The van der Waals surface area contributed by atoms with Gasteiger partial charge in [-0.25, -0.2) is 9.97 Å².